The highest BCUT2D eigenvalue weighted by molar-refractivity contribution is 5.76. The Morgan fingerprint density at radius 1 is 1.00 bits per heavy atom. The van der Waals surface area contributed by atoms with Crippen molar-refractivity contribution in [2.24, 2.45) is 11.1 Å². The van der Waals surface area contributed by atoms with E-state index in [0.29, 0.717) is 6.42 Å². The Balaban J connectivity index is 1.89. The molecule has 0 fully saturated rings. The maximum atomic E-state index is 12.4. The Morgan fingerprint density at radius 2 is 1.63 bits per heavy atom. The molecule has 0 saturated carbocycles. The standard InChI is InChI=1S/C23H29NO6/c1-3-28-22(27)30-16-29-21(26)23(2,15-25)14-20(24)13-17-9-11-19(12-10-17)18-7-5-4-6-8-18/h4-12,20,25H,3,13-16,24H2,1-2H3/t20-,23+/m1/s1. The molecule has 2 aromatic carbocycles. The summed E-state index contributed by atoms with van der Waals surface area (Å²) in [5.41, 5.74) is 8.31. The molecule has 0 aromatic heterocycles. The average Bonchev–Trinajstić information content (AvgIpc) is 2.74. The van der Waals surface area contributed by atoms with Crippen LogP contribution in [0.3, 0.4) is 0 Å². The van der Waals surface area contributed by atoms with Gasteiger partial charge in [-0.2, -0.15) is 0 Å². The number of nitrogens with two attached hydrogens (primary N) is 1. The van der Waals surface area contributed by atoms with Crippen LogP contribution in [0.5, 0.6) is 0 Å². The van der Waals surface area contributed by atoms with Gasteiger partial charge < -0.3 is 25.1 Å². The Bertz CT molecular complexity index is 808. The molecule has 2 atom stereocenters. The fourth-order valence-electron chi connectivity index (χ4n) is 3.09. The molecule has 2 aromatic rings. The number of ether oxygens (including phenoxy) is 3. The summed E-state index contributed by atoms with van der Waals surface area (Å²) in [5, 5.41) is 9.74. The maximum absolute atomic E-state index is 12.4. The van der Waals surface area contributed by atoms with Crippen LogP contribution in [0.2, 0.25) is 0 Å². The number of hydrogen-bond acceptors (Lipinski definition) is 7. The van der Waals surface area contributed by atoms with Crippen molar-refractivity contribution in [1.29, 1.82) is 0 Å². The molecule has 0 heterocycles. The van der Waals surface area contributed by atoms with Gasteiger partial charge in [0.05, 0.1) is 18.6 Å². The largest absolute Gasteiger partial charge is 0.511 e. The van der Waals surface area contributed by atoms with Crippen molar-refractivity contribution < 1.29 is 28.9 Å². The lowest BCUT2D eigenvalue weighted by Crippen LogP contribution is -2.40. The second kappa shape index (κ2) is 11.3. The summed E-state index contributed by atoms with van der Waals surface area (Å²) in [6.45, 7) is 2.34. The Hall–Kier alpha value is -2.90. The van der Waals surface area contributed by atoms with Crippen molar-refractivity contribution in [3.63, 3.8) is 0 Å². The number of benzene rings is 2. The first-order valence-corrected chi connectivity index (χ1v) is 9.85. The highest BCUT2D eigenvalue weighted by Crippen LogP contribution is 2.26. The van der Waals surface area contributed by atoms with E-state index in [1.165, 1.54) is 0 Å². The average molecular weight is 415 g/mol. The van der Waals surface area contributed by atoms with Crippen LogP contribution in [0, 0.1) is 5.41 Å². The summed E-state index contributed by atoms with van der Waals surface area (Å²) >= 11 is 0. The zero-order valence-corrected chi connectivity index (χ0v) is 17.4. The molecule has 0 aliphatic rings. The molecule has 0 aliphatic heterocycles. The van der Waals surface area contributed by atoms with Crippen molar-refractivity contribution >= 4 is 12.1 Å². The normalized spacial score (nSPS) is 13.7. The second-order valence-corrected chi connectivity index (χ2v) is 7.33. The number of carbonyl (C=O) groups is 2. The van der Waals surface area contributed by atoms with Gasteiger partial charge in [0.2, 0.25) is 6.79 Å². The van der Waals surface area contributed by atoms with E-state index >= 15 is 0 Å². The van der Waals surface area contributed by atoms with Gasteiger partial charge in [0.1, 0.15) is 0 Å². The number of hydrogen-bond donors (Lipinski definition) is 2. The summed E-state index contributed by atoms with van der Waals surface area (Å²) in [4.78, 5) is 23.5. The molecule has 0 aliphatic carbocycles. The van der Waals surface area contributed by atoms with Gasteiger partial charge in [0.15, 0.2) is 0 Å². The molecule has 30 heavy (non-hydrogen) atoms. The summed E-state index contributed by atoms with van der Waals surface area (Å²) < 4.78 is 14.2. The summed E-state index contributed by atoms with van der Waals surface area (Å²) in [6, 6.07) is 17.8. The highest BCUT2D eigenvalue weighted by atomic mass is 16.8. The van der Waals surface area contributed by atoms with Gasteiger partial charge in [0.25, 0.3) is 0 Å². The second-order valence-electron chi connectivity index (χ2n) is 7.33. The first-order valence-electron chi connectivity index (χ1n) is 9.85. The van der Waals surface area contributed by atoms with Gasteiger partial charge in [-0.1, -0.05) is 54.6 Å². The minimum Gasteiger partial charge on any atom is -0.435 e. The van der Waals surface area contributed by atoms with Crippen molar-refractivity contribution in [1.82, 2.24) is 0 Å². The lowest BCUT2D eigenvalue weighted by atomic mass is 9.83. The van der Waals surface area contributed by atoms with Crippen LogP contribution in [0.25, 0.3) is 11.1 Å². The first-order chi connectivity index (χ1) is 14.4. The van der Waals surface area contributed by atoms with Gasteiger partial charge in [-0.25, -0.2) is 4.79 Å². The molecule has 3 N–H and O–H groups in total. The zero-order chi connectivity index (χ0) is 22.0. The minimum atomic E-state index is -1.21. The molecule has 162 valence electrons. The predicted octanol–water partition coefficient (Wildman–Crippen LogP) is 3.29. The summed E-state index contributed by atoms with van der Waals surface area (Å²) in [6.07, 6.45) is -0.175. The molecule has 0 saturated heterocycles. The van der Waals surface area contributed by atoms with Crippen molar-refractivity contribution in [2.45, 2.75) is 32.7 Å². The Labute approximate surface area is 176 Å². The molecule has 0 amide bonds. The van der Waals surface area contributed by atoms with E-state index in [0.717, 1.165) is 16.7 Å². The van der Waals surface area contributed by atoms with Crippen LogP contribution >= 0.6 is 0 Å². The van der Waals surface area contributed by atoms with E-state index < -0.39 is 30.9 Å². The van der Waals surface area contributed by atoms with Gasteiger partial charge >= 0.3 is 12.1 Å². The van der Waals surface area contributed by atoms with Crippen LogP contribution < -0.4 is 5.73 Å². The van der Waals surface area contributed by atoms with E-state index in [4.69, 9.17) is 10.5 Å². The monoisotopic (exact) mass is 415 g/mol. The van der Waals surface area contributed by atoms with Crippen LogP contribution in [0.4, 0.5) is 4.79 Å². The first kappa shape index (κ1) is 23.4. The van der Waals surface area contributed by atoms with Crippen LogP contribution in [-0.4, -0.2) is 43.3 Å². The Kier molecular flexibility index (Phi) is 8.83. The molecule has 0 spiro atoms. The molecule has 0 bridgehead atoms. The van der Waals surface area contributed by atoms with Crippen LogP contribution in [0.15, 0.2) is 54.6 Å². The molecular weight excluding hydrogens is 386 g/mol. The third-order valence-electron chi connectivity index (χ3n) is 4.74. The van der Waals surface area contributed by atoms with E-state index in [2.05, 4.69) is 9.47 Å². The quantitative estimate of drug-likeness (QED) is 0.453. The van der Waals surface area contributed by atoms with E-state index in [1.807, 2.05) is 54.6 Å². The van der Waals surface area contributed by atoms with E-state index in [1.54, 1.807) is 13.8 Å². The molecule has 7 nitrogen and oxygen atoms in total. The zero-order valence-electron chi connectivity index (χ0n) is 17.4. The predicted molar refractivity (Wildman–Crippen MR) is 112 cm³/mol. The van der Waals surface area contributed by atoms with Gasteiger partial charge in [-0.05, 0) is 43.4 Å². The smallest absolute Gasteiger partial charge is 0.435 e. The summed E-state index contributed by atoms with van der Waals surface area (Å²) in [7, 11) is 0. The van der Waals surface area contributed by atoms with E-state index in [-0.39, 0.29) is 19.1 Å². The van der Waals surface area contributed by atoms with Crippen molar-refractivity contribution in [3.05, 3.63) is 60.2 Å². The highest BCUT2D eigenvalue weighted by Gasteiger charge is 2.36. The van der Waals surface area contributed by atoms with Crippen LogP contribution in [-0.2, 0) is 25.4 Å². The lowest BCUT2D eigenvalue weighted by Gasteiger charge is -2.28. The third-order valence-corrected chi connectivity index (χ3v) is 4.74. The van der Waals surface area contributed by atoms with Crippen molar-refractivity contribution in [3.8, 4) is 11.1 Å². The number of rotatable bonds is 10. The maximum Gasteiger partial charge on any atom is 0.511 e. The molecule has 0 unspecified atom stereocenters. The molecular formula is C23H29NO6. The molecule has 7 heteroatoms. The fourth-order valence-corrected chi connectivity index (χ4v) is 3.09. The van der Waals surface area contributed by atoms with Gasteiger partial charge in [0, 0.05) is 6.04 Å². The van der Waals surface area contributed by atoms with E-state index in [9.17, 15) is 14.7 Å². The number of esters is 1. The van der Waals surface area contributed by atoms with Crippen molar-refractivity contribution in [2.75, 3.05) is 20.0 Å². The van der Waals surface area contributed by atoms with Crippen LogP contribution in [0.1, 0.15) is 25.8 Å². The number of carbonyl (C=O) groups excluding carboxylic acids is 2. The molecule has 2 rings (SSSR count). The van der Waals surface area contributed by atoms with Gasteiger partial charge in [-0.15, -0.1) is 0 Å². The SMILES string of the molecule is CCOC(=O)OCOC(=O)[C@](C)(CO)C[C@H](N)Cc1ccc(-c2ccccc2)cc1. The molecule has 0 radical (unpaired) electrons. The Morgan fingerprint density at radius 3 is 2.23 bits per heavy atom. The fraction of sp³-hybridized carbons (Fsp3) is 0.391. The number of aliphatic hydroxyl groups is 1. The summed E-state index contributed by atoms with van der Waals surface area (Å²) in [5.74, 6) is -0.691. The number of aliphatic hydroxyl groups excluding tert-OH is 1. The van der Waals surface area contributed by atoms with Gasteiger partial charge in [-0.3, -0.25) is 4.79 Å². The minimum absolute atomic E-state index is 0.155. The lowest BCUT2D eigenvalue weighted by molar-refractivity contribution is -0.167. The topological polar surface area (TPSA) is 108 Å². The third kappa shape index (κ3) is 6.86.